The average molecular weight is 423 g/mol. The molecule has 0 atom stereocenters. The van der Waals surface area contributed by atoms with E-state index in [0.29, 0.717) is 0 Å². The van der Waals surface area contributed by atoms with Crippen molar-refractivity contribution in [3.8, 4) is 23.0 Å². The van der Waals surface area contributed by atoms with Crippen molar-refractivity contribution in [1.29, 1.82) is 0 Å². The van der Waals surface area contributed by atoms with Gasteiger partial charge >= 0.3 is 0 Å². The summed E-state index contributed by atoms with van der Waals surface area (Å²) in [5.41, 5.74) is 15.6. The molecule has 1 aliphatic carbocycles. The molecule has 0 spiro atoms. The van der Waals surface area contributed by atoms with Gasteiger partial charge in [-0.2, -0.15) is 0 Å². The number of rotatable bonds is 6. The number of ether oxygens (including phenoxy) is 2. The minimum Gasteiger partial charge on any atom is -0.457 e. The third-order valence-corrected chi connectivity index (χ3v) is 6.25. The van der Waals surface area contributed by atoms with Gasteiger partial charge in [-0.25, -0.2) is 0 Å². The highest BCUT2D eigenvalue weighted by molar-refractivity contribution is 5.48. The lowest BCUT2D eigenvalue weighted by Gasteiger charge is -2.43. The molecule has 32 heavy (non-hydrogen) atoms. The Morgan fingerprint density at radius 3 is 1.06 bits per heavy atom. The van der Waals surface area contributed by atoms with E-state index in [4.69, 9.17) is 20.9 Å². The van der Waals surface area contributed by atoms with E-state index in [0.717, 1.165) is 47.2 Å². The first-order chi connectivity index (χ1) is 15.6. The molecule has 0 bridgehead atoms. The smallest absolute Gasteiger partial charge is 0.127 e. The second-order valence-electron chi connectivity index (χ2n) is 8.33. The lowest BCUT2D eigenvalue weighted by molar-refractivity contribution is 0.301. The van der Waals surface area contributed by atoms with E-state index in [1.807, 2.05) is 72.8 Å². The van der Waals surface area contributed by atoms with Gasteiger partial charge in [0.05, 0.1) is 0 Å². The van der Waals surface area contributed by atoms with Crippen LogP contribution in [0.2, 0.25) is 0 Å². The van der Waals surface area contributed by atoms with Gasteiger partial charge < -0.3 is 20.9 Å². The summed E-state index contributed by atoms with van der Waals surface area (Å²) in [6.07, 6.45) is 3.51. The van der Waals surface area contributed by atoms with Gasteiger partial charge in [0, 0.05) is 16.8 Å². The molecule has 4 nitrogen and oxygen atoms in total. The third kappa shape index (κ3) is 4.00. The van der Waals surface area contributed by atoms with Crippen LogP contribution in [0.15, 0.2) is 97.1 Å². The normalized spacial score (nSPS) is 14.4. The summed E-state index contributed by atoms with van der Waals surface area (Å²) in [6, 6.07) is 31.8. The van der Waals surface area contributed by atoms with Gasteiger partial charge in [-0.05, 0) is 96.8 Å². The fourth-order valence-corrected chi connectivity index (χ4v) is 4.30. The Morgan fingerprint density at radius 2 is 0.781 bits per heavy atom. The molecule has 0 unspecified atom stereocenters. The van der Waals surface area contributed by atoms with Crippen LogP contribution in [-0.4, -0.2) is 0 Å². The van der Waals surface area contributed by atoms with Crippen LogP contribution >= 0.6 is 0 Å². The molecule has 0 heterocycles. The number of hydrogen-bond acceptors (Lipinski definition) is 4. The molecule has 160 valence electrons. The van der Waals surface area contributed by atoms with Crippen molar-refractivity contribution in [3.05, 3.63) is 108 Å². The van der Waals surface area contributed by atoms with Gasteiger partial charge in [0.15, 0.2) is 0 Å². The maximum Gasteiger partial charge on any atom is 0.127 e. The van der Waals surface area contributed by atoms with Crippen molar-refractivity contribution in [1.82, 2.24) is 0 Å². The molecule has 0 aliphatic heterocycles. The van der Waals surface area contributed by atoms with Gasteiger partial charge in [-0.1, -0.05) is 30.7 Å². The number of anilines is 2. The van der Waals surface area contributed by atoms with Crippen molar-refractivity contribution in [3.63, 3.8) is 0 Å². The summed E-state index contributed by atoms with van der Waals surface area (Å²) in [5, 5.41) is 0. The summed E-state index contributed by atoms with van der Waals surface area (Å²) >= 11 is 0. The Balaban J connectivity index is 1.32. The zero-order valence-electron chi connectivity index (χ0n) is 17.8. The predicted octanol–water partition coefficient (Wildman–Crippen LogP) is 6.91. The average Bonchev–Trinajstić information content (AvgIpc) is 2.78. The van der Waals surface area contributed by atoms with Crippen LogP contribution in [0.1, 0.15) is 30.4 Å². The zero-order valence-corrected chi connectivity index (χ0v) is 17.8. The summed E-state index contributed by atoms with van der Waals surface area (Å²) in [6.45, 7) is 0. The fourth-order valence-electron chi connectivity index (χ4n) is 4.30. The second-order valence-corrected chi connectivity index (χ2v) is 8.33. The first kappa shape index (κ1) is 20.0. The molecule has 1 fully saturated rings. The third-order valence-electron chi connectivity index (χ3n) is 6.25. The minimum absolute atomic E-state index is 0.0550. The Bertz CT molecular complexity index is 1090. The van der Waals surface area contributed by atoms with E-state index in [9.17, 15) is 0 Å². The first-order valence-corrected chi connectivity index (χ1v) is 10.9. The number of nitrogen functional groups attached to an aromatic ring is 2. The van der Waals surface area contributed by atoms with Crippen LogP contribution in [0.5, 0.6) is 23.0 Å². The van der Waals surface area contributed by atoms with E-state index in [1.54, 1.807) is 0 Å². The standard InChI is InChI=1S/C28H26N2O2/c29-22-6-14-26(15-7-22)31-24-10-2-20(3-11-24)28(18-1-19-28)21-4-12-25(13-5-21)32-27-16-8-23(30)9-17-27/h2-17H,1,18-19,29-30H2. The van der Waals surface area contributed by atoms with Crippen LogP contribution in [-0.2, 0) is 5.41 Å². The molecule has 0 aromatic heterocycles. The zero-order chi connectivity index (χ0) is 22.0. The largest absolute Gasteiger partial charge is 0.457 e. The molecule has 1 aliphatic rings. The van der Waals surface area contributed by atoms with Gasteiger partial charge in [0.2, 0.25) is 0 Å². The number of benzene rings is 4. The highest BCUT2D eigenvalue weighted by Crippen LogP contribution is 2.49. The van der Waals surface area contributed by atoms with Crippen molar-refractivity contribution in [2.24, 2.45) is 0 Å². The van der Waals surface area contributed by atoms with Crippen LogP contribution < -0.4 is 20.9 Å². The summed E-state index contributed by atoms with van der Waals surface area (Å²) in [4.78, 5) is 0. The fraction of sp³-hybridized carbons (Fsp3) is 0.143. The lowest BCUT2D eigenvalue weighted by Crippen LogP contribution is -2.35. The van der Waals surface area contributed by atoms with Gasteiger partial charge in [-0.15, -0.1) is 0 Å². The molecule has 1 saturated carbocycles. The Labute approximate surface area is 188 Å². The highest BCUT2D eigenvalue weighted by atomic mass is 16.5. The molecule has 5 rings (SSSR count). The summed E-state index contributed by atoms with van der Waals surface area (Å²) < 4.78 is 11.9. The van der Waals surface area contributed by atoms with E-state index in [2.05, 4.69) is 24.3 Å². The van der Waals surface area contributed by atoms with Crippen molar-refractivity contribution in [2.45, 2.75) is 24.7 Å². The van der Waals surface area contributed by atoms with Crippen molar-refractivity contribution >= 4 is 11.4 Å². The molecule has 4 N–H and O–H groups in total. The van der Waals surface area contributed by atoms with Crippen LogP contribution in [0.25, 0.3) is 0 Å². The first-order valence-electron chi connectivity index (χ1n) is 10.9. The van der Waals surface area contributed by atoms with Gasteiger partial charge in [0.25, 0.3) is 0 Å². The monoisotopic (exact) mass is 422 g/mol. The van der Waals surface area contributed by atoms with Crippen molar-refractivity contribution in [2.75, 3.05) is 11.5 Å². The number of hydrogen-bond donors (Lipinski definition) is 2. The van der Waals surface area contributed by atoms with Crippen LogP contribution in [0.3, 0.4) is 0 Å². The molecular weight excluding hydrogens is 396 g/mol. The molecule has 0 saturated heterocycles. The SMILES string of the molecule is Nc1ccc(Oc2ccc(C3(c4ccc(Oc5ccc(N)cc5)cc4)CCC3)cc2)cc1. The molecule has 4 aromatic rings. The van der Waals surface area contributed by atoms with Gasteiger partial charge in [-0.3, -0.25) is 0 Å². The van der Waals surface area contributed by atoms with Gasteiger partial charge in [0.1, 0.15) is 23.0 Å². The topological polar surface area (TPSA) is 70.5 Å². The molecule has 0 radical (unpaired) electrons. The van der Waals surface area contributed by atoms with E-state index in [-0.39, 0.29) is 5.41 Å². The molecule has 4 heteroatoms. The highest BCUT2D eigenvalue weighted by Gasteiger charge is 2.40. The van der Waals surface area contributed by atoms with Crippen LogP contribution in [0, 0.1) is 0 Å². The Kier molecular flexibility index (Phi) is 5.20. The predicted molar refractivity (Wildman–Crippen MR) is 129 cm³/mol. The quantitative estimate of drug-likeness (QED) is 0.331. The number of nitrogens with two attached hydrogens (primary N) is 2. The van der Waals surface area contributed by atoms with E-state index < -0.39 is 0 Å². The maximum atomic E-state index is 5.96. The van der Waals surface area contributed by atoms with E-state index in [1.165, 1.54) is 17.5 Å². The summed E-state index contributed by atoms with van der Waals surface area (Å²) in [7, 11) is 0. The van der Waals surface area contributed by atoms with Crippen molar-refractivity contribution < 1.29 is 9.47 Å². The second kappa shape index (κ2) is 8.31. The Morgan fingerprint density at radius 1 is 0.469 bits per heavy atom. The lowest BCUT2D eigenvalue weighted by atomic mass is 9.60. The summed E-state index contributed by atoms with van der Waals surface area (Å²) in [5.74, 6) is 3.20. The Hall–Kier alpha value is -3.92. The minimum atomic E-state index is 0.0550. The maximum absolute atomic E-state index is 5.96. The molecule has 0 amide bonds. The molecule has 4 aromatic carbocycles. The van der Waals surface area contributed by atoms with E-state index >= 15 is 0 Å². The van der Waals surface area contributed by atoms with Crippen LogP contribution in [0.4, 0.5) is 11.4 Å². The molecular formula is C28H26N2O2.